The van der Waals surface area contributed by atoms with Crippen LogP contribution in [0, 0.1) is 5.41 Å². The van der Waals surface area contributed by atoms with Gasteiger partial charge in [-0.25, -0.2) is 4.79 Å². The van der Waals surface area contributed by atoms with Crippen molar-refractivity contribution in [2.45, 2.75) is 31.3 Å². The Balaban J connectivity index is 2.00. The Morgan fingerprint density at radius 2 is 2.12 bits per heavy atom. The third-order valence-electron chi connectivity index (χ3n) is 3.74. The van der Waals surface area contributed by atoms with Crippen LogP contribution in [0.5, 0.6) is 0 Å². The first-order chi connectivity index (χ1) is 7.66. The molecule has 0 aromatic heterocycles. The van der Waals surface area contributed by atoms with E-state index in [9.17, 15) is 4.79 Å². The molecule has 0 amide bonds. The van der Waals surface area contributed by atoms with E-state index in [0.29, 0.717) is 13.2 Å². The third kappa shape index (κ3) is 2.21. The number of hydrogen-bond acceptors (Lipinski definition) is 5. The minimum atomic E-state index is -0.659. The summed E-state index contributed by atoms with van der Waals surface area (Å²) in [5, 5.41) is 0. The second-order valence-electron chi connectivity index (χ2n) is 4.60. The van der Waals surface area contributed by atoms with Gasteiger partial charge in [0.2, 0.25) is 0 Å². The third-order valence-corrected chi connectivity index (χ3v) is 4.71. The lowest BCUT2D eigenvalue weighted by molar-refractivity contribution is -0.213. The first-order valence-electron chi connectivity index (χ1n) is 5.29. The summed E-state index contributed by atoms with van der Waals surface area (Å²) in [7, 11) is 2.78. The predicted octanol–water partition coefficient (Wildman–Crippen LogP) is 2.50. The highest BCUT2D eigenvalue weighted by Gasteiger charge is 2.54. The topological polar surface area (TPSA) is 44.8 Å². The standard InChI is InChI=1S/C10H15IO4S/c1-13-8(12)10-4-2-9(3-5-10,6-14-10)7-15-16-11/h2-7H2,1H3. The summed E-state index contributed by atoms with van der Waals surface area (Å²) in [5.74, 6) is -0.218. The molecule has 1 aliphatic carbocycles. The molecule has 0 unspecified atom stereocenters. The predicted molar refractivity (Wildman–Crippen MR) is 69.2 cm³/mol. The second-order valence-corrected chi connectivity index (χ2v) is 6.04. The number of halogens is 1. The van der Waals surface area contributed by atoms with Crippen molar-refractivity contribution in [3.8, 4) is 0 Å². The van der Waals surface area contributed by atoms with Crippen LogP contribution in [-0.2, 0) is 18.5 Å². The van der Waals surface area contributed by atoms with Gasteiger partial charge in [-0.05, 0) is 25.7 Å². The summed E-state index contributed by atoms with van der Waals surface area (Å²) < 4.78 is 16.0. The van der Waals surface area contributed by atoms with Crippen LogP contribution in [0.3, 0.4) is 0 Å². The molecule has 0 radical (unpaired) electrons. The molecule has 3 rings (SSSR count). The molecule has 4 nitrogen and oxygen atoms in total. The van der Waals surface area contributed by atoms with Crippen LogP contribution >= 0.6 is 30.4 Å². The summed E-state index contributed by atoms with van der Waals surface area (Å²) in [6, 6.07) is 0. The largest absolute Gasteiger partial charge is 0.467 e. The lowest BCUT2D eigenvalue weighted by Crippen LogP contribution is -2.56. The van der Waals surface area contributed by atoms with Gasteiger partial charge in [0, 0.05) is 26.6 Å². The maximum Gasteiger partial charge on any atom is 0.338 e. The number of esters is 1. The molecule has 0 spiro atoms. The highest BCUT2D eigenvalue weighted by atomic mass is 127. The zero-order valence-corrected chi connectivity index (χ0v) is 12.1. The van der Waals surface area contributed by atoms with E-state index in [0.717, 1.165) is 25.7 Å². The highest BCUT2D eigenvalue weighted by Crippen LogP contribution is 2.49. The Labute approximate surface area is 112 Å². The van der Waals surface area contributed by atoms with Gasteiger partial charge in [-0.1, -0.05) is 0 Å². The Morgan fingerprint density at radius 1 is 1.44 bits per heavy atom. The van der Waals surface area contributed by atoms with Gasteiger partial charge < -0.3 is 13.7 Å². The first kappa shape index (κ1) is 12.9. The quantitative estimate of drug-likeness (QED) is 0.439. The summed E-state index contributed by atoms with van der Waals surface area (Å²) >= 11 is 2.12. The summed E-state index contributed by atoms with van der Waals surface area (Å²) in [6.07, 6.45) is 3.49. The van der Waals surface area contributed by atoms with E-state index in [-0.39, 0.29) is 11.4 Å². The molecular weight excluding hydrogens is 343 g/mol. The van der Waals surface area contributed by atoms with Crippen LogP contribution in [0.25, 0.3) is 0 Å². The van der Waals surface area contributed by atoms with Gasteiger partial charge in [0.25, 0.3) is 0 Å². The summed E-state index contributed by atoms with van der Waals surface area (Å²) in [6.45, 7) is 1.32. The van der Waals surface area contributed by atoms with E-state index >= 15 is 0 Å². The van der Waals surface area contributed by atoms with Crippen molar-refractivity contribution < 1.29 is 18.5 Å². The van der Waals surface area contributed by atoms with Gasteiger partial charge in [0.1, 0.15) is 0 Å². The lowest BCUT2D eigenvalue weighted by Gasteiger charge is -2.50. The van der Waals surface area contributed by atoms with Crippen LogP contribution in [-0.4, -0.2) is 31.9 Å². The number of hydrogen-bond donors (Lipinski definition) is 0. The van der Waals surface area contributed by atoms with E-state index in [2.05, 4.69) is 21.2 Å². The van der Waals surface area contributed by atoms with Crippen molar-refractivity contribution in [2.24, 2.45) is 5.41 Å². The van der Waals surface area contributed by atoms with Crippen LogP contribution in [0.4, 0.5) is 0 Å². The molecule has 3 fully saturated rings. The fraction of sp³-hybridized carbons (Fsp3) is 0.900. The van der Waals surface area contributed by atoms with E-state index in [1.54, 1.807) is 0 Å². The lowest BCUT2D eigenvalue weighted by atomic mass is 9.66. The number of carbonyl (C=O) groups excluding carboxylic acids is 1. The molecule has 92 valence electrons. The van der Waals surface area contributed by atoms with Gasteiger partial charge in [0.05, 0.1) is 29.5 Å². The van der Waals surface area contributed by atoms with E-state index in [4.69, 9.17) is 13.7 Å². The van der Waals surface area contributed by atoms with E-state index in [1.165, 1.54) is 16.3 Å². The monoisotopic (exact) mass is 358 g/mol. The van der Waals surface area contributed by atoms with Gasteiger partial charge in [0.15, 0.2) is 5.60 Å². The number of ether oxygens (including phenoxy) is 2. The fourth-order valence-electron chi connectivity index (χ4n) is 2.55. The van der Waals surface area contributed by atoms with Crippen LogP contribution in [0.15, 0.2) is 0 Å². The molecule has 2 heterocycles. The molecule has 1 saturated carbocycles. The van der Waals surface area contributed by atoms with Crippen molar-refractivity contribution in [3.63, 3.8) is 0 Å². The number of methoxy groups -OCH3 is 1. The average Bonchev–Trinajstić information content (AvgIpc) is 2.37. The Bertz CT molecular complexity index is 259. The molecule has 0 N–H and O–H groups in total. The van der Waals surface area contributed by atoms with Crippen molar-refractivity contribution in [1.82, 2.24) is 0 Å². The van der Waals surface area contributed by atoms with Crippen LogP contribution in [0.1, 0.15) is 25.7 Å². The maximum atomic E-state index is 11.7. The molecular formula is C10H15IO4S. The Morgan fingerprint density at radius 3 is 2.56 bits per heavy atom. The molecule has 6 heteroatoms. The maximum absolute atomic E-state index is 11.7. The van der Waals surface area contributed by atoms with Crippen LogP contribution in [0.2, 0.25) is 0 Å². The number of carbonyl (C=O) groups is 1. The molecule has 16 heavy (non-hydrogen) atoms. The van der Waals surface area contributed by atoms with E-state index in [1.807, 2.05) is 0 Å². The SMILES string of the molecule is COC(=O)C12CCC(COSI)(CC1)CO2. The van der Waals surface area contributed by atoms with Crippen LogP contribution < -0.4 is 0 Å². The van der Waals surface area contributed by atoms with Gasteiger partial charge in [-0.15, -0.1) is 0 Å². The van der Waals surface area contributed by atoms with Crippen molar-refractivity contribution in [3.05, 3.63) is 0 Å². The van der Waals surface area contributed by atoms with E-state index < -0.39 is 5.60 Å². The highest BCUT2D eigenvalue weighted by molar-refractivity contribution is 14.2. The minimum absolute atomic E-state index is 0.119. The van der Waals surface area contributed by atoms with Crippen molar-refractivity contribution in [1.29, 1.82) is 0 Å². The van der Waals surface area contributed by atoms with Gasteiger partial charge in [-0.3, -0.25) is 0 Å². The fourth-order valence-corrected chi connectivity index (χ4v) is 3.22. The molecule has 0 atom stereocenters. The van der Waals surface area contributed by atoms with Crippen molar-refractivity contribution >= 4 is 36.4 Å². The first-order valence-corrected chi connectivity index (χ1v) is 8.57. The summed E-state index contributed by atoms with van der Waals surface area (Å²) in [5.41, 5.74) is -0.540. The zero-order chi connectivity index (χ0) is 11.6. The molecule has 3 aliphatic rings. The Kier molecular flexibility index (Phi) is 4.03. The number of fused-ring (bicyclic) bond motifs is 3. The average molecular weight is 358 g/mol. The second kappa shape index (κ2) is 4.99. The molecule has 2 bridgehead atoms. The molecule has 2 aliphatic heterocycles. The zero-order valence-electron chi connectivity index (χ0n) is 9.16. The molecule has 0 aromatic rings. The summed E-state index contributed by atoms with van der Waals surface area (Å²) in [4.78, 5) is 11.7. The Hall–Kier alpha value is 0.470. The molecule has 2 saturated heterocycles. The molecule has 0 aromatic carbocycles. The smallest absolute Gasteiger partial charge is 0.338 e. The number of rotatable bonds is 4. The normalized spacial score (nSPS) is 37.4. The van der Waals surface area contributed by atoms with Gasteiger partial charge >= 0.3 is 5.97 Å². The van der Waals surface area contributed by atoms with Gasteiger partial charge in [-0.2, -0.15) is 0 Å². The van der Waals surface area contributed by atoms with Crippen molar-refractivity contribution in [2.75, 3.05) is 20.3 Å². The minimum Gasteiger partial charge on any atom is -0.467 e.